The molecule has 0 bridgehead atoms. The van der Waals surface area contributed by atoms with Crippen LogP contribution in [0.4, 0.5) is 0 Å². The van der Waals surface area contributed by atoms with E-state index in [1.54, 1.807) is 12.1 Å². The van der Waals surface area contributed by atoms with E-state index in [0.717, 1.165) is 11.8 Å². The van der Waals surface area contributed by atoms with Gasteiger partial charge in [0.1, 0.15) is 5.75 Å². The highest BCUT2D eigenvalue weighted by Gasteiger charge is 1.95. The van der Waals surface area contributed by atoms with Crippen LogP contribution in [-0.2, 0) is 6.42 Å². The predicted molar refractivity (Wildman–Crippen MR) is 55.0 cm³/mol. The maximum absolute atomic E-state index is 9.26. The van der Waals surface area contributed by atoms with Crippen molar-refractivity contribution >= 4 is 10.8 Å². The Hall–Kier alpha value is -1.50. The van der Waals surface area contributed by atoms with Crippen molar-refractivity contribution in [2.24, 2.45) is 0 Å². The van der Waals surface area contributed by atoms with Crippen molar-refractivity contribution in [3.8, 4) is 5.75 Å². The minimum atomic E-state index is 0.330. The molecule has 2 rings (SSSR count). The highest BCUT2D eigenvalue weighted by Crippen LogP contribution is 2.20. The third kappa shape index (κ3) is 1.50. The highest BCUT2D eigenvalue weighted by molar-refractivity contribution is 5.84. The Bertz CT molecular complexity index is 432. The second kappa shape index (κ2) is 3.09. The number of hydrogen-bond acceptors (Lipinski definition) is 1. The molecule has 0 aliphatic carbocycles. The maximum atomic E-state index is 9.26. The number of rotatable bonds is 1. The minimum absolute atomic E-state index is 0.330. The molecule has 1 heteroatoms. The first kappa shape index (κ1) is 8.11. The summed E-state index contributed by atoms with van der Waals surface area (Å²) in [5, 5.41) is 11.5. The van der Waals surface area contributed by atoms with Crippen LogP contribution in [0.15, 0.2) is 36.4 Å². The van der Waals surface area contributed by atoms with Gasteiger partial charge in [-0.2, -0.15) is 0 Å². The molecule has 0 aliphatic heterocycles. The monoisotopic (exact) mass is 172 g/mol. The Morgan fingerprint density at radius 2 is 1.69 bits per heavy atom. The van der Waals surface area contributed by atoms with Gasteiger partial charge >= 0.3 is 0 Å². The fourth-order valence-electron chi connectivity index (χ4n) is 1.50. The van der Waals surface area contributed by atoms with Gasteiger partial charge in [-0.3, -0.25) is 0 Å². The lowest BCUT2D eigenvalue weighted by atomic mass is 10.1. The molecule has 0 unspecified atom stereocenters. The lowest BCUT2D eigenvalue weighted by Crippen LogP contribution is -1.79. The van der Waals surface area contributed by atoms with Crippen molar-refractivity contribution in [2.75, 3.05) is 0 Å². The quantitative estimate of drug-likeness (QED) is 0.700. The van der Waals surface area contributed by atoms with E-state index < -0.39 is 0 Å². The van der Waals surface area contributed by atoms with Crippen LogP contribution in [0.3, 0.4) is 0 Å². The molecule has 1 nitrogen and oxygen atoms in total. The molecule has 0 aromatic heterocycles. The van der Waals surface area contributed by atoms with E-state index in [1.807, 2.05) is 12.1 Å². The Kier molecular flexibility index (Phi) is 1.93. The second-order valence-corrected chi connectivity index (χ2v) is 3.22. The molecule has 0 atom stereocenters. The van der Waals surface area contributed by atoms with E-state index in [-0.39, 0.29) is 0 Å². The number of hydrogen-bond donors (Lipinski definition) is 1. The fourth-order valence-corrected chi connectivity index (χ4v) is 1.50. The third-order valence-electron chi connectivity index (χ3n) is 2.30. The molecule has 66 valence electrons. The highest BCUT2D eigenvalue weighted by atomic mass is 16.3. The van der Waals surface area contributed by atoms with Crippen LogP contribution in [0.1, 0.15) is 12.5 Å². The molecular formula is C12H12O. The molecule has 13 heavy (non-hydrogen) atoms. The molecule has 0 heterocycles. The first-order chi connectivity index (χ1) is 6.29. The number of aryl methyl sites for hydroxylation is 1. The van der Waals surface area contributed by atoms with Crippen LogP contribution in [0, 0.1) is 0 Å². The number of phenols is 1. The Balaban J connectivity index is 2.66. The van der Waals surface area contributed by atoms with Crippen molar-refractivity contribution in [3.05, 3.63) is 42.0 Å². The molecule has 0 saturated heterocycles. The van der Waals surface area contributed by atoms with Gasteiger partial charge in [-0.25, -0.2) is 0 Å². The molecule has 0 radical (unpaired) electrons. The SMILES string of the molecule is CCc1ccc2cc(O)ccc2c1. The first-order valence-corrected chi connectivity index (χ1v) is 4.51. The molecule has 2 aromatic rings. The standard InChI is InChI=1S/C12H12O/c1-2-9-3-4-11-8-12(13)6-5-10(11)7-9/h3-8,13H,2H2,1H3. The summed E-state index contributed by atoms with van der Waals surface area (Å²) in [6.07, 6.45) is 1.05. The normalized spacial score (nSPS) is 10.5. The molecule has 0 amide bonds. The summed E-state index contributed by atoms with van der Waals surface area (Å²) in [5.41, 5.74) is 1.33. The molecule has 0 aliphatic rings. The van der Waals surface area contributed by atoms with Gasteiger partial charge in [-0.1, -0.05) is 31.2 Å². The lowest BCUT2D eigenvalue weighted by Gasteiger charge is -2.01. The minimum Gasteiger partial charge on any atom is -0.508 e. The summed E-state index contributed by atoms with van der Waals surface area (Å²) in [6.45, 7) is 2.14. The third-order valence-corrected chi connectivity index (χ3v) is 2.30. The van der Waals surface area contributed by atoms with Gasteiger partial charge in [0.05, 0.1) is 0 Å². The van der Waals surface area contributed by atoms with Gasteiger partial charge in [0.25, 0.3) is 0 Å². The number of benzene rings is 2. The average molecular weight is 172 g/mol. The molecule has 0 saturated carbocycles. The molecule has 1 N–H and O–H groups in total. The Morgan fingerprint density at radius 1 is 1.00 bits per heavy atom. The molecule has 0 fully saturated rings. The molecule has 2 aromatic carbocycles. The zero-order chi connectivity index (χ0) is 9.26. The number of phenolic OH excluding ortho intramolecular Hbond substituents is 1. The van der Waals surface area contributed by atoms with Gasteiger partial charge in [-0.05, 0) is 34.9 Å². The maximum Gasteiger partial charge on any atom is 0.116 e. The summed E-state index contributed by atoms with van der Waals surface area (Å²) >= 11 is 0. The fraction of sp³-hybridized carbons (Fsp3) is 0.167. The predicted octanol–water partition coefficient (Wildman–Crippen LogP) is 3.11. The molecular weight excluding hydrogens is 160 g/mol. The zero-order valence-corrected chi connectivity index (χ0v) is 7.62. The number of fused-ring (bicyclic) bond motifs is 1. The largest absolute Gasteiger partial charge is 0.508 e. The van der Waals surface area contributed by atoms with E-state index in [0.29, 0.717) is 5.75 Å². The lowest BCUT2D eigenvalue weighted by molar-refractivity contribution is 0.476. The van der Waals surface area contributed by atoms with Gasteiger partial charge < -0.3 is 5.11 Å². The zero-order valence-electron chi connectivity index (χ0n) is 7.62. The Labute approximate surface area is 77.6 Å². The Morgan fingerprint density at radius 3 is 2.46 bits per heavy atom. The van der Waals surface area contributed by atoms with E-state index >= 15 is 0 Å². The summed E-state index contributed by atoms with van der Waals surface area (Å²) in [5.74, 6) is 0.330. The van der Waals surface area contributed by atoms with Crippen molar-refractivity contribution in [3.63, 3.8) is 0 Å². The second-order valence-electron chi connectivity index (χ2n) is 3.22. The smallest absolute Gasteiger partial charge is 0.116 e. The van der Waals surface area contributed by atoms with E-state index in [9.17, 15) is 5.11 Å². The van der Waals surface area contributed by atoms with Crippen LogP contribution >= 0.6 is 0 Å². The summed E-state index contributed by atoms with van der Waals surface area (Å²) < 4.78 is 0. The summed E-state index contributed by atoms with van der Waals surface area (Å²) in [4.78, 5) is 0. The van der Waals surface area contributed by atoms with Crippen LogP contribution in [0.2, 0.25) is 0 Å². The van der Waals surface area contributed by atoms with Crippen molar-refractivity contribution in [1.29, 1.82) is 0 Å². The van der Waals surface area contributed by atoms with Crippen molar-refractivity contribution in [1.82, 2.24) is 0 Å². The number of aromatic hydroxyl groups is 1. The van der Waals surface area contributed by atoms with Crippen LogP contribution in [0.25, 0.3) is 10.8 Å². The van der Waals surface area contributed by atoms with Crippen LogP contribution in [-0.4, -0.2) is 5.11 Å². The van der Waals surface area contributed by atoms with Gasteiger partial charge in [0.2, 0.25) is 0 Å². The van der Waals surface area contributed by atoms with Crippen molar-refractivity contribution in [2.45, 2.75) is 13.3 Å². The van der Waals surface area contributed by atoms with E-state index in [1.165, 1.54) is 10.9 Å². The van der Waals surface area contributed by atoms with Gasteiger partial charge in [0.15, 0.2) is 0 Å². The summed E-state index contributed by atoms with van der Waals surface area (Å²) in [7, 11) is 0. The van der Waals surface area contributed by atoms with E-state index in [4.69, 9.17) is 0 Å². The van der Waals surface area contributed by atoms with Crippen molar-refractivity contribution < 1.29 is 5.11 Å². The average Bonchev–Trinajstić information content (AvgIpc) is 2.17. The van der Waals surface area contributed by atoms with Gasteiger partial charge in [-0.15, -0.1) is 0 Å². The topological polar surface area (TPSA) is 20.2 Å². The molecule has 0 spiro atoms. The first-order valence-electron chi connectivity index (χ1n) is 4.51. The van der Waals surface area contributed by atoms with Gasteiger partial charge in [0, 0.05) is 0 Å². The van der Waals surface area contributed by atoms with E-state index in [2.05, 4.69) is 19.1 Å². The van der Waals surface area contributed by atoms with Crippen LogP contribution in [0.5, 0.6) is 5.75 Å². The van der Waals surface area contributed by atoms with Crippen LogP contribution < -0.4 is 0 Å². The summed E-state index contributed by atoms with van der Waals surface area (Å²) in [6, 6.07) is 11.8.